The van der Waals surface area contributed by atoms with Crippen LogP contribution in [0.15, 0.2) is 24.3 Å². The second kappa shape index (κ2) is 28.9. The third-order valence-electron chi connectivity index (χ3n) is 11.2. The summed E-state index contributed by atoms with van der Waals surface area (Å²) in [6.07, 6.45) is -48.3. The molecule has 4 aliphatic heterocycles. The van der Waals surface area contributed by atoms with Crippen LogP contribution in [0, 0.1) is 0 Å². The Kier molecular flexibility index (Phi) is 24.8. The zero-order valence-corrected chi connectivity index (χ0v) is 45.7. The summed E-state index contributed by atoms with van der Waals surface area (Å²) >= 11 is 0. The van der Waals surface area contributed by atoms with Gasteiger partial charge in [0.05, 0.1) is 25.4 Å². The molecule has 0 saturated carbocycles. The Balaban J connectivity index is 0.000000998. The number of phenols is 1. The molecule has 5 rings (SSSR count). The predicted molar refractivity (Wildman–Crippen MR) is 249 cm³/mol. The lowest BCUT2D eigenvalue weighted by Gasteiger charge is -2.50. The largest absolute Gasteiger partial charge is 0.508 e. The number of hydrogen-bond acceptors (Lipinski definition) is 33. The number of nitrogens with one attached hydrogen (secondary N) is 2. The van der Waals surface area contributed by atoms with Crippen molar-refractivity contribution >= 4 is 75.7 Å². The van der Waals surface area contributed by atoms with Crippen molar-refractivity contribution in [2.24, 2.45) is 0 Å². The zero-order chi connectivity index (χ0) is 63.1. The monoisotopic (exact) mass is 1310 g/mol. The van der Waals surface area contributed by atoms with E-state index in [4.69, 9.17) is 47.6 Å². The molecule has 4 saturated heterocycles. The van der Waals surface area contributed by atoms with Gasteiger partial charge in [-0.25, -0.2) is 31.1 Å². The van der Waals surface area contributed by atoms with Gasteiger partial charge in [-0.05, 0) is 30.7 Å². The molecule has 0 radical (unpaired) electrons. The third kappa shape index (κ3) is 21.0. The predicted octanol–water partition coefficient (Wildman–Crippen LogP) is -8.75. The summed E-state index contributed by atoms with van der Waals surface area (Å²) in [5, 5.41) is 94.9. The molecule has 478 valence electrons. The number of aliphatic hydroxyl groups excluding tert-OH is 6. The molecule has 42 nitrogen and oxygen atoms in total. The van der Waals surface area contributed by atoms with Crippen LogP contribution in [0.25, 0.3) is 0 Å². The summed E-state index contributed by atoms with van der Waals surface area (Å²) in [5.41, 5.74) is 0.464. The number of phenolic OH excluding ortho intramolecular Hbond substituents is 1. The maximum Gasteiger partial charge on any atom is 0.397 e. The van der Waals surface area contributed by atoms with Gasteiger partial charge in [-0.2, -0.15) is 46.8 Å². The molecule has 0 unspecified atom stereocenters. The Morgan fingerprint density at radius 2 is 1.06 bits per heavy atom. The molecule has 0 spiro atoms. The first-order chi connectivity index (χ1) is 38.0. The molecule has 4 aliphatic rings. The van der Waals surface area contributed by atoms with Crippen LogP contribution in [0.1, 0.15) is 30.6 Å². The number of hydrogen-bond donors (Lipinski definition) is 16. The average molecular weight is 1320 g/mol. The standard InChI is InChI=1S/C26H42N2O37S5.C10H12O3/c1-4(30)27-7-9(31)13(6(56-23(7)39)3-55-67(43,44)45)58-26-19(65-70(52,53)54)12(34)16(20(62-26)22(37)38)60-24-8(28-66(40,41)42)15(63-68(46,47)48)14(5(2-29)57-24)59-25-18(64-69(49,50)51)11(33)10(32)17(61-25)21(35)36;1-2-7-13-10(12)8-3-5-9(11)6-4-8/h5-20,23-26,28-29,31-34,39H,2-3H2,1H3,(H,27,30)(H,35,36)(H,37,38)(H,40,41,42)(H,43,44,45)(H,46,47,48)(H,49,50,51)(H,52,53,54);3-6,11H,2,7H2,1H3/t5-,6+,7-,8-,9-,10-,11-,12+,13-,14-,15-,16+,17-,18+,19-,20+,23-,24+,25+,26-;/m1./s1. The van der Waals surface area contributed by atoms with E-state index in [-0.39, 0.29) is 11.7 Å². The van der Waals surface area contributed by atoms with Gasteiger partial charge in [0, 0.05) is 6.92 Å². The quantitative estimate of drug-likeness (QED) is 0.0338. The number of carboxylic acids is 2. The second-order valence-electron chi connectivity index (χ2n) is 17.3. The summed E-state index contributed by atoms with van der Waals surface area (Å²) < 4.78 is 227. The number of esters is 1. The fraction of sp³-hybridized carbons (Fsp3) is 0.722. The molecule has 4 heterocycles. The van der Waals surface area contributed by atoms with Crippen LogP contribution in [0.5, 0.6) is 5.75 Å². The van der Waals surface area contributed by atoms with Crippen LogP contribution >= 0.6 is 0 Å². The number of ether oxygens (including phenoxy) is 8. The number of aromatic hydroxyl groups is 1. The van der Waals surface area contributed by atoms with Crippen LogP contribution in [0.4, 0.5) is 0 Å². The number of carbonyl (C=O) groups excluding carboxylic acids is 2. The number of rotatable bonds is 24. The van der Waals surface area contributed by atoms with Crippen LogP contribution in [-0.2, 0) is 121 Å². The van der Waals surface area contributed by atoms with Crippen molar-refractivity contribution in [2.75, 3.05) is 19.8 Å². The van der Waals surface area contributed by atoms with Crippen LogP contribution < -0.4 is 10.0 Å². The molecule has 4 fully saturated rings. The van der Waals surface area contributed by atoms with Crippen molar-refractivity contribution in [3.63, 3.8) is 0 Å². The minimum atomic E-state index is -6.09. The molecular formula is C36H54N2O40S5. The Morgan fingerprint density at radius 3 is 1.53 bits per heavy atom. The summed E-state index contributed by atoms with van der Waals surface area (Å²) in [6, 6.07) is 1.03. The highest BCUT2D eigenvalue weighted by Crippen LogP contribution is 2.37. The molecule has 0 aromatic heterocycles. The van der Waals surface area contributed by atoms with Gasteiger partial charge in [-0.15, -0.1) is 0 Å². The summed E-state index contributed by atoms with van der Waals surface area (Å²) in [4.78, 5) is 47.6. The third-order valence-corrected chi connectivity index (χ3v) is 13.6. The van der Waals surface area contributed by atoms with Gasteiger partial charge in [-0.1, -0.05) is 6.92 Å². The Labute approximate surface area is 467 Å². The lowest BCUT2D eigenvalue weighted by molar-refractivity contribution is -0.366. The van der Waals surface area contributed by atoms with Gasteiger partial charge in [0.25, 0.3) is 0 Å². The van der Waals surface area contributed by atoms with Crippen molar-refractivity contribution in [1.29, 1.82) is 0 Å². The van der Waals surface area contributed by atoms with E-state index in [1.165, 1.54) is 29.0 Å². The van der Waals surface area contributed by atoms with Gasteiger partial charge in [0.15, 0.2) is 49.6 Å². The van der Waals surface area contributed by atoms with Gasteiger partial charge in [0.1, 0.15) is 78.9 Å². The highest BCUT2D eigenvalue weighted by atomic mass is 32.3. The molecule has 83 heavy (non-hydrogen) atoms. The first-order valence-corrected chi connectivity index (χ1v) is 29.6. The molecule has 16 N–H and O–H groups in total. The highest BCUT2D eigenvalue weighted by molar-refractivity contribution is 7.83. The fourth-order valence-corrected chi connectivity index (χ4v) is 10.3. The average Bonchev–Trinajstić information content (AvgIpc) is 3.56. The van der Waals surface area contributed by atoms with Crippen LogP contribution in [-0.4, -0.2) is 277 Å². The maximum atomic E-state index is 12.7. The number of aliphatic hydroxyl groups is 6. The molecule has 0 bridgehead atoms. The molecule has 1 aromatic rings. The Morgan fingerprint density at radius 1 is 0.566 bits per heavy atom. The van der Waals surface area contributed by atoms with E-state index in [1.54, 1.807) is 0 Å². The van der Waals surface area contributed by atoms with E-state index in [2.05, 4.69) is 16.7 Å². The fourth-order valence-electron chi connectivity index (χ4n) is 7.93. The van der Waals surface area contributed by atoms with Crippen molar-refractivity contribution in [3.05, 3.63) is 29.8 Å². The summed E-state index contributed by atoms with van der Waals surface area (Å²) in [5.74, 6) is -5.69. The van der Waals surface area contributed by atoms with E-state index >= 15 is 0 Å². The van der Waals surface area contributed by atoms with E-state index in [0.29, 0.717) is 12.2 Å². The topological polar surface area (TPSA) is 657 Å². The minimum Gasteiger partial charge on any atom is -0.508 e. The van der Waals surface area contributed by atoms with E-state index in [9.17, 15) is 120 Å². The van der Waals surface area contributed by atoms with Crippen molar-refractivity contribution in [3.8, 4) is 5.75 Å². The molecule has 20 atom stereocenters. The number of carboxylic acid groups (broad SMARTS) is 2. The number of aliphatic carboxylic acids is 2. The second-order valence-corrected chi connectivity index (χ2v) is 22.7. The molecular weight excluding hydrogens is 1260 g/mol. The molecule has 1 aromatic carbocycles. The van der Waals surface area contributed by atoms with Gasteiger partial charge in [0.2, 0.25) is 5.91 Å². The van der Waals surface area contributed by atoms with E-state index in [1.807, 2.05) is 12.2 Å². The van der Waals surface area contributed by atoms with Crippen LogP contribution in [0.2, 0.25) is 0 Å². The Hall–Kier alpha value is -4.27. The normalized spacial score (nSPS) is 34.6. The maximum absolute atomic E-state index is 12.7. The molecule has 0 aliphatic carbocycles. The summed E-state index contributed by atoms with van der Waals surface area (Å²) in [6.45, 7) is 0.125. The lowest BCUT2D eigenvalue weighted by atomic mass is 9.94. The highest BCUT2D eigenvalue weighted by Gasteiger charge is 2.60. The summed E-state index contributed by atoms with van der Waals surface area (Å²) in [7, 11) is -29.1. The van der Waals surface area contributed by atoms with Crippen molar-refractivity contribution in [1.82, 2.24) is 10.0 Å². The van der Waals surface area contributed by atoms with Crippen molar-refractivity contribution < 1.29 is 185 Å². The number of benzene rings is 1. The van der Waals surface area contributed by atoms with E-state index < -0.39 is 206 Å². The minimum absolute atomic E-state index is 0.145. The van der Waals surface area contributed by atoms with Gasteiger partial charge in [-0.3, -0.25) is 27.6 Å². The first-order valence-electron chi connectivity index (χ1n) is 22.7. The zero-order valence-electron chi connectivity index (χ0n) is 41.6. The van der Waals surface area contributed by atoms with Crippen LogP contribution in [0.3, 0.4) is 0 Å². The lowest BCUT2D eigenvalue weighted by Crippen LogP contribution is -2.71. The Bertz CT molecular complexity index is 2970. The smallest absolute Gasteiger partial charge is 0.397 e. The SMILES string of the molecule is CC(=O)N[C@@H]1[C@@H](O)[C@H](O[C@@H]2O[C@H](C(=O)O)[C@@H](O[C@@H]3O[C@H](CO)[C@@H](O[C@H]4O[C@@H](C(=O)O)[C@H](O)[C@@H](O)[C@@H]4OS(=O)(=O)O)[C@H](OS(=O)(=O)O)[C@H]3NS(=O)(=O)O)[C@H](O)[C@H]2OS(=O)(=O)O)[C@H](COS(=O)(=O)O)O[C@H]1O.CCCOC(=O)c1ccc(O)cc1. The first kappa shape index (κ1) is 71.2. The molecule has 1 amide bonds. The molecule has 47 heteroatoms. The van der Waals surface area contributed by atoms with E-state index in [0.717, 1.165) is 13.3 Å². The number of carbonyl (C=O) groups is 4. The van der Waals surface area contributed by atoms with Gasteiger partial charge >= 0.3 is 69.8 Å². The van der Waals surface area contributed by atoms with Crippen molar-refractivity contribution in [2.45, 2.75) is 143 Å². The van der Waals surface area contributed by atoms with Gasteiger partial charge < -0.3 is 89.2 Å². The number of amides is 1.